The molecule has 0 spiro atoms. The van der Waals surface area contributed by atoms with Gasteiger partial charge in [0.15, 0.2) is 0 Å². The SMILES string of the molecule is CCCCC(CC)COP(=O)(O)OCC(CC)CCCC.CCCCCCCCCCCCCC[PH](CCCCCC)(CCCCCC)CCCCCC. The van der Waals surface area contributed by atoms with Gasteiger partial charge in [0, 0.05) is 0 Å². The number of hydrogen-bond donors (Lipinski definition) is 1. The third-order valence-electron chi connectivity index (χ3n) is 12.3. The number of phosphoric acid groups is 1. The number of hydrogen-bond acceptors (Lipinski definition) is 3. The summed E-state index contributed by atoms with van der Waals surface area (Å²) in [5.74, 6) is 0.687. The third kappa shape index (κ3) is 38.1. The summed E-state index contributed by atoms with van der Waals surface area (Å²) in [5, 5.41) is 0. The summed E-state index contributed by atoms with van der Waals surface area (Å²) in [7, 11) is -4.93. The van der Waals surface area contributed by atoms with E-state index in [2.05, 4.69) is 55.4 Å². The van der Waals surface area contributed by atoms with Crippen LogP contribution in [-0.2, 0) is 13.6 Å². The third-order valence-corrected chi connectivity index (χ3v) is 18.9. The van der Waals surface area contributed by atoms with Crippen molar-refractivity contribution in [1.29, 1.82) is 0 Å². The molecule has 0 aliphatic heterocycles. The Bertz CT molecular complexity index is 708. The van der Waals surface area contributed by atoms with Crippen molar-refractivity contribution in [2.24, 2.45) is 11.8 Å². The zero-order valence-electron chi connectivity index (χ0n) is 38.6. The van der Waals surface area contributed by atoms with Crippen LogP contribution in [0.1, 0.15) is 261 Å². The van der Waals surface area contributed by atoms with E-state index in [4.69, 9.17) is 9.05 Å². The van der Waals surface area contributed by atoms with E-state index in [1.807, 2.05) is 0 Å². The first-order valence-corrected chi connectivity index (χ1v) is 29.2. The van der Waals surface area contributed by atoms with Crippen LogP contribution in [0.15, 0.2) is 0 Å². The fourth-order valence-electron chi connectivity index (χ4n) is 8.10. The van der Waals surface area contributed by atoms with E-state index in [9.17, 15) is 9.46 Å². The van der Waals surface area contributed by atoms with Gasteiger partial charge in [0.25, 0.3) is 0 Å². The Kier molecular flexibility index (Phi) is 45.2. The summed E-state index contributed by atoms with van der Waals surface area (Å²) >= 11 is 0. The fraction of sp³-hybridized carbons (Fsp3) is 1.00. The molecule has 0 aromatic rings. The fourth-order valence-corrected chi connectivity index (χ4v) is 14.5. The summed E-state index contributed by atoms with van der Waals surface area (Å²) in [6, 6.07) is 0. The topological polar surface area (TPSA) is 55.8 Å². The van der Waals surface area contributed by atoms with Gasteiger partial charge in [-0.3, -0.25) is 9.05 Å². The van der Waals surface area contributed by atoms with Gasteiger partial charge < -0.3 is 4.89 Å². The molecule has 330 valence electrons. The summed E-state index contributed by atoms with van der Waals surface area (Å²) < 4.78 is 22.2. The van der Waals surface area contributed by atoms with Crippen LogP contribution in [0.3, 0.4) is 0 Å². The van der Waals surface area contributed by atoms with Crippen LogP contribution in [0.2, 0.25) is 0 Å². The molecule has 0 saturated carbocycles. The van der Waals surface area contributed by atoms with E-state index in [0.717, 1.165) is 51.4 Å². The van der Waals surface area contributed by atoms with Crippen molar-refractivity contribution in [2.45, 2.75) is 261 Å². The first-order chi connectivity index (χ1) is 26.2. The normalized spacial score (nSPS) is 14.4. The van der Waals surface area contributed by atoms with Gasteiger partial charge in [-0.1, -0.05) is 79.6 Å². The van der Waals surface area contributed by atoms with Gasteiger partial charge in [-0.2, -0.15) is 0 Å². The molecule has 0 bridgehead atoms. The Balaban J connectivity index is 0. The number of phosphoric ester groups is 1. The van der Waals surface area contributed by atoms with Gasteiger partial charge in [0.2, 0.25) is 0 Å². The molecule has 0 radical (unpaired) electrons. The molecule has 54 heavy (non-hydrogen) atoms. The molecular weight excluding hydrogens is 702 g/mol. The molecule has 0 amide bonds. The standard InChI is InChI=1S/C32H69P.C16H35O4P/c1-5-9-13-17-18-19-20-21-22-23-24-28-32-33(29-25-14-10-6-2,30-26-15-11-7-3)31-27-16-12-8-4;1-5-9-11-15(7-3)13-19-21(17,18)20-14-16(8-4)12-10-6-2/h33H,5-32H2,1-4H3;15-16H,5-14H2,1-4H3,(H,17,18). The summed E-state index contributed by atoms with van der Waals surface area (Å²) in [4.78, 5) is 9.77. The summed E-state index contributed by atoms with van der Waals surface area (Å²) in [6.07, 6.45) is 50.9. The average Bonchev–Trinajstić information content (AvgIpc) is 3.17. The van der Waals surface area contributed by atoms with Crippen LogP contribution in [0.25, 0.3) is 0 Å². The Hall–Kier alpha value is 0.540. The quantitative estimate of drug-likeness (QED) is 0.0493. The van der Waals surface area contributed by atoms with Crippen LogP contribution in [-0.4, -0.2) is 42.8 Å². The van der Waals surface area contributed by atoms with E-state index < -0.39 is 15.1 Å². The van der Waals surface area contributed by atoms with E-state index in [1.54, 1.807) is 50.3 Å². The Morgan fingerprint density at radius 1 is 0.389 bits per heavy atom. The van der Waals surface area contributed by atoms with Crippen molar-refractivity contribution in [2.75, 3.05) is 37.9 Å². The van der Waals surface area contributed by atoms with Crippen molar-refractivity contribution < 1.29 is 18.5 Å². The van der Waals surface area contributed by atoms with Gasteiger partial charge in [-0.25, -0.2) is 4.57 Å². The molecule has 0 aromatic carbocycles. The Morgan fingerprint density at radius 3 is 0.889 bits per heavy atom. The van der Waals surface area contributed by atoms with Crippen LogP contribution in [0, 0.1) is 11.8 Å². The second-order valence-electron chi connectivity index (χ2n) is 17.5. The summed E-state index contributed by atoms with van der Waals surface area (Å²) in [6.45, 7) is 18.5. The van der Waals surface area contributed by atoms with Crippen molar-refractivity contribution in [3.05, 3.63) is 0 Å². The van der Waals surface area contributed by atoms with Crippen molar-refractivity contribution in [3.63, 3.8) is 0 Å². The molecule has 2 atom stereocenters. The molecule has 0 rings (SSSR count). The molecule has 2 unspecified atom stereocenters. The van der Waals surface area contributed by atoms with Gasteiger partial charge >= 0.3 is 208 Å². The molecule has 0 aliphatic rings. The zero-order chi connectivity index (χ0) is 40.4. The van der Waals surface area contributed by atoms with Crippen molar-refractivity contribution >= 4 is 15.1 Å². The van der Waals surface area contributed by atoms with Gasteiger partial charge in [-0.05, 0) is 24.7 Å². The molecule has 0 aliphatic carbocycles. The zero-order valence-corrected chi connectivity index (χ0v) is 40.5. The molecule has 0 fully saturated rings. The first kappa shape index (κ1) is 56.6. The predicted octanol–water partition coefficient (Wildman–Crippen LogP) is 17.7. The monoisotopic (exact) mass is 807 g/mol. The minimum atomic E-state index is -3.89. The van der Waals surface area contributed by atoms with E-state index in [0.29, 0.717) is 25.0 Å². The maximum atomic E-state index is 11.9. The van der Waals surface area contributed by atoms with Crippen LogP contribution >= 0.6 is 15.1 Å². The van der Waals surface area contributed by atoms with Crippen LogP contribution < -0.4 is 0 Å². The molecule has 4 nitrogen and oxygen atoms in total. The molecular formula is C48H104O4P2. The Morgan fingerprint density at radius 2 is 0.630 bits per heavy atom. The van der Waals surface area contributed by atoms with Gasteiger partial charge in [-0.15, -0.1) is 0 Å². The maximum absolute atomic E-state index is 11.9. The molecule has 0 saturated heterocycles. The molecule has 6 heteroatoms. The number of rotatable bonds is 42. The predicted molar refractivity (Wildman–Crippen MR) is 250 cm³/mol. The second-order valence-corrected chi connectivity index (χ2v) is 23.9. The first-order valence-electron chi connectivity index (χ1n) is 24.8. The summed E-state index contributed by atoms with van der Waals surface area (Å²) in [5.41, 5.74) is 0. The van der Waals surface area contributed by atoms with Crippen molar-refractivity contribution in [3.8, 4) is 0 Å². The Labute approximate surface area is 343 Å². The van der Waals surface area contributed by atoms with Crippen LogP contribution in [0.5, 0.6) is 0 Å². The van der Waals surface area contributed by atoms with E-state index >= 15 is 0 Å². The van der Waals surface area contributed by atoms with Gasteiger partial charge in [0.1, 0.15) is 0 Å². The van der Waals surface area contributed by atoms with Crippen molar-refractivity contribution in [1.82, 2.24) is 0 Å². The van der Waals surface area contributed by atoms with Crippen LogP contribution in [0.4, 0.5) is 0 Å². The molecule has 0 aromatic heterocycles. The van der Waals surface area contributed by atoms with E-state index in [1.165, 1.54) is 128 Å². The van der Waals surface area contributed by atoms with E-state index in [-0.39, 0.29) is 0 Å². The average molecular weight is 807 g/mol. The minimum absolute atomic E-state index is 0.316. The number of unbranched alkanes of at least 4 members (excludes halogenated alkanes) is 22. The van der Waals surface area contributed by atoms with Gasteiger partial charge in [0.05, 0.1) is 13.2 Å². The molecule has 1 N–H and O–H groups in total. The molecule has 0 heterocycles. The second kappa shape index (κ2) is 43.1.